The van der Waals surface area contributed by atoms with Crippen LogP contribution in [0, 0.1) is 0 Å². The van der Waals surface area contributed by atoms with E-state index in [4.69, 9.17) is 5.11 Å². The Bertz CT molecular complexity index is 486. The molecule has 0 radical (unpaired) electrons. The Kier molecular flexibility index (Phi) is 8.43. The maximum atomic E-state index is 8.81. The van der Waals surface area contributed by atoms with Gasteiger partial charge < -0.3 is 5.11 Å². The van der Waals surface area contributed by atoms with Gasteiger partial charge in [-0.15, -0.1) is 0 Å². The van der Waals surface area contributed by atoms with Crippen LogP contribution in [-0.2, 0) is 13.0 Å². The number of nitrogens with zero attached hydrogens (tertiary/aromatic N) is 2. The van der Waals surface area contributed by atoms with Crippen molar-refractivity contribution in [3.8, 4) is 0 Å². The normalized spacial score (nSPS) is 9.90. The lowest BCUT2D eigenvalue weighted by Gasteiger charge is -2.01. The summed E-state index contributed by atoms with van der Waals surface area (Å²) in [6, 6.07) is 0. The van der Waals surface area contributed by atoms with E-state index in [0.29, 0.717) is 0 Å². The molecule has 0 fully saturated rings. The van der Waals surface area contributed by atoms with Crippen molar-refractivity contribution < 1.29 is 5.11 Å². The van der Waals surface area contributed by atoms with Crippen molar-refractivity contribution in [3.05, 3.63) is 53.8 Å². The molecule has 0 unspecified atom stereocenters. The highest BCUT2D eigenvalue weighted by atomic mass is 79.9. The van der Waals surface area contributed by atoms with Crippen molar-refractivity contribution in [2.45, 2.75) is 20.0 Å². The molecule has 0 aliphatic rings. The quantitative estimate of drug-likeness (QED) is 0.574. The Labute approximate surface area is 151 Å². The molecule has 0 aromatic carbocycles. The Morgan fingerprint density at radius 3 is 1.35 bits per heavy atom. The number of hydrogen-bond donors (Lipinski definition) is 1. The van der Waals surface area contributed by atoms with Gasteiger partial charge in [-0.2, -0.15) is 0 Å². The van der Waals surface area contributed by atoms with Crippen LogP contribution in [0.25, 0.3) is 0 Å². The van der Waals surface area contributed by atoms with Gasteiger partial charge in [-0.3, -0.25) is 9.97 Å². The van der Waals surface area contributed by atoms with Crippen LogP contribution in [0.3, 0.4) is 0 Å². The highest BCUT2D eigenvalue weighted by Crippen LogP contribution is 2.24. The second kappa shape index (κ2) is 9.25. The lowest BCUT2D eigenvalue weighted by molar-refractivity contribution is 0.280. The largest absolute Gasteiger partial charge is 0.392 e. The van der Waals surface area contributed by atoms with Crippen LogP contribution >= 0.6 is 63.7 Å². The van der Waals surface area contributed by atoms with Crippen LogP contribution in [0.5, 0.6) is 0 Å². The highest BCUT2D eigenvalue weighted by molar-refractivity contribution is 9.11. The standard InChI is InChI=1S/C7H7Br2N.C6H5Br2NO/c1-2-5-6(8)3-10-4-7(5)9;7-5-1-9-2-6(8)4(5)3-10/h3-4H,2H2,1H3;1-2,10H,3H2. The van der Waals surface area contributed by atoms with Gasteiger partial charge in [0, 0.05) is 48.2 Å². The summed E-state index contributed by atoms with van der Waals surface area (Å²) in [6.45, 7) is 2.13. The zero-order valence-electron chi connectivity index (χ0n) is 10.6. The van der Waals surface area contributed by atoms with E-state index in [2.05, 4.69) is 80.6 Å². The molecule has 2 aromatic rings. The lowest BCUT2D eigenvalue weighted by atomic mass is 10.2. The van der Waals surface area contributed by atoms with Crippen LogP contribution in [0.15, 0.2) is 42.7 Å². The maximum Gasteiger partial charge on any atom is 0.0705 e. The molecule has 2 heterocycles. The van der Waals surface area contributed by atoms with Gasteiger partial charge in [0.05, 0.1) is 6.61 Å². The molecule has 2 rings (SSSR count). The maximum absolute atomic E-state index is 8.81. The van der Waals surface area contributed by atoms with Gasteiger partial charge in [-0.1, -0.05) is 6.92 Å². The van der Waals surface area contributed by atoms with Crippen molar-refractivity contribution in [1.82, 2.24) is 9.97 Å². The van der Waals surface area contributed by atoms with Gasteiger partial charge in [-0.05, 0) is 75.7 Å². The van der Waals surface area contributed by atoms with Gasteiger partial charge >= 0.3 is 0 Å². The Morgan fingerprint density at radius 2 is 1.15 bits per heavy atom. The summed E-state index contributed by atoms with van der Waals surface area (Å²) < 4.78 is 3.79. The number of aromatic nitrogens is 2. The van der Waals surface area contributed by atoms with Gasteiger partial charge in [0.15, 0.2) is 0 Å². The Balaban J connectivity index is 0.000000200. The zero-order chi connectivity index (χ0) is 15.1. The number of halogens is 4. The van der Waals surface area contributed by atoms with Crippen molar-refractivity contribution in [2.24, 2.45) is 0 Å². The van der Waals surface area contributed by atoms with E-state index >= 15 is 0 Å². The molecule has 20 heavy (non-hydrogen) atoms. The molecular formula is C13H12Br4N2O. The van der Waals surface area contributed by atoms with Crippen LogP contribution in [0.1, 0.15) is 18.1 Å². The SMILES string of the molecule is CCc1c(Br)cncc1Br.OCc1c(Br)cncc1Br. The monoisotopic (exact) mass is 528 g/mol. The molecule has 7 heteroatoms. The number of rotatable bonds is 2. The highest BCUT2D eigenvalue weighted by Gasteiger charge is 2.02. The molecule has 1 N–H and O–H groups in total. The fraction of sp³-hybridized carbons (Fsp3) is 0.231. The molecule has 0 spiro atoms. The molecule has 0 saturated carbocycles. The molecule has 0 amide bonds. The Hall–Kier alpha value is 0.180. The molecular weight excluding hydrogens is 520 g/mol. The molecule has 0 aliphatic heterocycles. The average Bonchev–Trinajstić information content (AvgIpc) is 2.40. The number of pyridine rings is 2. The molecule has 0 saturated heterocycles. The molecule has 108 valence electrons. The summed E-state index contributed by atoms with van der Waals surface area (Å²) in [5.41, 5.74) is 2.10. The van der Waals surface area contributed by atoms with Gasteiger partial charge in [0.2, 0.25) is 0 Å². The minimum Gasteiger partial charge on any atom is -0.392 e. The van der Waals surface area contributed by atoms with E-state index in [1.54, 1.807) is 12.4 Å². The van der Waals surface area contributed by atoms with Crippen LogP contribution in [0.4, 0.5) is 0 Å². The topological polar surface area (TPSA) is 46.0 Å². The van der Waals surface area contributed by atoms with E-state index in [0.717, 1.165) is 29.9 Å². The third-order valence-corrected chi connectivity index (χ3v) is 5.15. The summed E-state index contributed by atoms with van der Waals surface area (Å²) in [5.74, 6) is 0. The number of aliphatic hydroxyl groups is 1. The van der Waals surface area contributed by atoms with Crippen molar-refractivity contribution in [1.29, 1.82) is 0 Å². The van der Waals surface area contributed by atoms with Crippen molar-refractivity contribution in [2.75, 3.05) is 0 Å². The summed E-state index contributed by atoms with van der Waals surface area (Å²) in [7, 11) is 0. The summed E-state index contributed by atoms with van der Waals surface area (Å²) in [5, 5.41) is 8.81. The van der Waals surface area contributed by atoms with E-state index in [1.807, 2.05) is 12.4 Å². The second-order valence-electron chi connectivity index (χ2n) is 3.68. The van der Waals surface area contributed by atoms with Crippen LogP contribution in [0.2, 0.25) is 0 Å². The van der Waals surface area contributed by atoms with E-state index < -0.39 is 0 Å². The van der Waals surface area contributed by atoms with E-state index in [-0.39, 0.29) is 6.61 Å². The molecule has 2 aromatic heterocycles. The smallest absolute Gasteiger partial charge is 0.0705 e. The fourth-order valence-corrected chi connectivity index (χ4v) is 4.04. The third kappa shape index (κ3) is 5.18. The molecule has 0 aliphatic carbocycles. The molecule has 0 bridgehead atoms. The predicted octanol–water partition coefficient (Wildman–Crippen LogP) is 5.27. The van der Waals surface area contributed by atoms with Crippen molar-refractivity contribution >= 4 is 63.7 Å². The minimum atomic E-state index is 0.0175. The average molecular weight is 532 g/mol. The first-order valence-corrected chi connectivity index (χ1v) is 8.85. The molecule has 3 nitrogen and oxygen atoms in total. The summed E-state index contributed by atoms with van der Waals surface area (Å²) in [6.07, 6.45) is 7.93. The van der Waals surface area contributed by atoms with E-state index in [9.17, 15) is 0 Å². The van der Waals surface area contributed by atoms with Gasteiger partial charge in [0.25, 0.3) is 0 Å². The first kappa shape index (κ1) is 18.2. The predicted molar refractivity (Wildman–Crippen MR) is 94.6 cm³/mol. The first-order valence-electron chi connectivity index (χ1n) is 5.67. The fourth-order valence-electron chi connectivity index (χ4n) is 1.36. The second-order valence-corrected chi connectivity index (χ2v) is 7.09. The van der Waals surface area contributed by atoms with Crippen LogP contribution in [-0.4, -0.2) is 15.1 Å². The first-order chi connectivity index (χ1) is 9.51. The van der Waals surface area contributed by atoms with Gasteiger partial charge in [-0.25, -0.2) is 0 Å². The summed E-state index contributed by atoms with van der Waals surface area (Å²) in [4.78, 5) is 7.89. The lowest BCUT2D eigenvalue weighted by Crippen LogP contribution is -1.87. The zero-order valence-corrected chi connectivity index (χ0v) is 16.9. The third-order valence-electron chi connectivity index (χ3n) is 2.42. The van der Waals surface area contributed by atoms with Crippen molar-refractivity contribution in [3.63, 3.8) is 0 Å². The Morgan fingerprint density at radius 1 is 0.800 bits per heavy atom. The summed E-state index contributed by atoms with van der Waals surface area (Å²) >= 11 is 13.3. The van der Waals surface area contributed by atoms with E-state index in [1.165, 1.54) is 5.56 Å². The van der Waals surface area contributed by atoms with Gasteiger partial charge in [0.1, 0.15) is 0 Å². The van der Waals surface area contributed by atoms with Crippen LogP contribution < -0.4 is 0 Å². The molecule has 0 atom stereocenters. The number of aliphatic hydroxyl groups excluding tert-OH is 1. The number of hydrogen-bond acceptors (Lipinski definition) is 3. The minimum absolute atomic E-state index is 0.0175.